The van der Waals surface area contributed by atoms with Gasteiger partial charge in [-0.25, -0.2) is 4.98 Å². The van der Waals surface area contributed by atoms with Gasteiger partial charge in [0, 0.05) is 16.4 Å². The van der Waals surface area contributed by atoms with Gasteiger partial charge < -0.3 is 15.8 Å². The van der Waals surface area contributed by atoms with Crippen LogP contribution in [0.3, 0.4) is 0 Å². The Hall–Kier alpha value is -1.44. The van der Waals surface area contributed by atoms with E-state index in [4.69, 9.17) is 10.5 Å². The van der Waals surface area contributed by atoms with Crippen molar-refractivity contribution >= 4 is 33.2 Å². The summed E-state index contributed by atoms with van der Waals surface area (Å²) >= 11 is 4.77. The van der Waals surface area contributed by atoms with Crippen molar-refractivity contribution in [1.29, 1.82) is 0 Å². The van der Waals surface area contributed by atoms with Crippen molar-refractivity contribution in [3.63, 3.8) is 0 Å². The summed E-state index contributed by atoms with van der Waals surface area (Å²) in [4.78, 5) is 16.1. The van der Waals surface area contributed by atoms with Crippen LogP contribution in [0.4, 0.5) is 0 Å². The van der Waals surface area contributed by atoms with Gasteiger partial charge in [0.15, 0.2) is 0 Å². The van der Waals surface area contributed by atoms with Crippen LogP contribution in [0.25, 0.3) is 0 Å². The Morgan fingerprint density at radius 1 is 1.57 bits per heavy atom. The fourth-order valence-electron chi connectivity index (χ4n) is 1.65. The lowest BCUT2D eigenvalue weighted by molar-refractivity contribution is 0.0927. The van der Waals surface area contributed by atoms with Gasteiger partial charge in [0.2, 0.25) is 0 Å². The molecule has 0 aliphatic rings. The zero-order valence-electron chi connectivity index (χ0n) is 11.5. The molecule has 1 heterocycles. The van der Waals surface area contributed by atoms with E-state index in [9.17, 15) is 4.79 Å². The predicted molar refractivity (Wildman–Crippen MR) is 86.6 cm³/mol. The van der Waals surface area contributed by atoms with Gasteiger partial charge in [-0.15, -0.1) is 11.3 Å². The number of thiazole rings is 1. The van der Waals surface area contributed by atoms with E-state index in [0.29, 0.717) is 18.8 Å². The third kappa shape index (κ3) is 4.80. The number of halogens is 1. The van der Waals surface area contributed by atoms with Crippen molar-refractivity contribution in [1.82, 2.24) is 10.3 Å². The first-order chi connectivity index (χ1) is 10.1. The van der Waals surface area contributed by atoms with Gasteiger partial charge in [0.05, 0.1) is 6.54 Å². The number of hydrogen-bond donors (Lipinski definition) is 2. The summed E-state index contributed by atoms with van der Waals surface area (Å²) in [6, 6.07) is 7.58. The van der Waals surface area contributed by atoms with Crippen LogP contribution in [0.15, 0.2) is 34.1 Å². The highest BCUT2D eigenvalue weighted by molar-refractivity contribution is 9.10. The molecular weight excluding hydrogens is 354 g/mol. The molecule has 2 rings (SSSR count). The monoisotopic (exact) mass is 369 g/mol. The van der Waals surface area contributed by atoms with Crippen LogP contribution in [0, 0.1) is 0 Å². The number of rotatable bonds is 6. The van der Waals surface area contributed by atoms with Crippen LogP contribution in [0.5, 0.6) is 5.75 Å². The summed E-state index contributed by atoms with van der Waals surface area (Å²) in [5, 5.41) is 5.25. The predicted octanol–water partition coefficient (Wildman–Crippen LogP) is 2.56. The number of carbonyl (C=O) groups excluding carboxylic acids is 1. The average molecular weight is 370 g/mol. The Kier molecular flexibility index (Phi) is 5.72. The quantitative estimate of drug-likeness (QED) is 0.819. The highest BCUT2D eigenvalue weighted by Gasteiger charge is 2.12. The lowest BCUT2D eigenvalue weighted by Gasteiger charge is -2.15. The summed E-state index contributed by atoms with van der Waals surface area (Å²) in [5.41, 5.74) is 5.87. The molecule has 3 N–H and O–H groups in total. The molecule has 0 saturated carbocycles. The van der Waals surface area contributed by atoms with E-state index in [2.05, 4.69) is 26.2 Å². The number of nitrogens with two attached hydrogens (primary N) is 1. The van der Waals surface area contributed by atoms with Crippen molar-refractivity contribution in [3.8, 4) is 5.75 Å². The number of aromatic nitrogens is 1. The van der Waals surface area contributed by atoms with Crippen molar-refractivity contribution in [2.24, 2.45) is 5.73 Å². The third-order valence-corrected chi connectivity index (χ3v) is 4.01. The fourth-order valence-corrected chi connectivity index (χ4v) is 2.68. The number of nitrogens with one attached hydrogen (secondary N) is 1. The zero-order valence-corrected chi connectivity index (χ0v) is 13.9. The number of nitrogens with zero attached hydrogens (tertiary/aromatic N) is 1. The minimum absolute atomic E-state index is 0.143. The Bertz CT molecular complexity index is 618. The SMILES string of the molecule is CC(CNC(=O)c1csc(CN)n1)Oc1cccc(Br)c1. The summed E-state index contributed by atoms with van der Waals surface area (Å²) < 4.78 is 6.68. The molecular formula is C14H16BrN3O2S. The maximum atomic E-state index is 11.9. The van der Waals surface area contributed by atoms with Gasteiger partial charge >= 0.3 is 0 Å². The van der Waals surface area contributed by atoms with E-state index in [0.717, 1.165) is 15.2 Å². The van der Waals surface area contributed by atoms with Crippen LogP contribution in [-0.2, 0) is 6.54 Å². The molecule has 1 unspecified atom stereocenters. The molecule has 0 fully saturated rings. The summed E-state index contributed by atoms with van der Waals surface area (Å²) in [6.45, 7) is 2.65. The number of carbonyl (C=O) groups is 1. The molecule has 112 valence electrons. The van der Waals surface area contributed by atoms with Crippen LogP contribution in [0.1, 0.15) is 22.4 Å². The molecule has 1 atom stereocenters. The second-order valence-electron chi connectivity index (χ2n) is 4.43. The van der Waals surface area contributed by atoms with E-state index in [1.165, 1.54) is 11.3 Å². The molecule has 21 heavy (non-hydrogen) atoms. The van der Waals surface area contributed by atoms with Crippen LogP contribution < -0.4 is 15.8 Å². The van der Waals surface area contributed by atoms with Gasteiger partial charge in [0.25, 0.3) is 5.91 Å². The van der Waals surface area contributed by atoms with Gasteiger partial charge in [-0.05, 0) is 25.1 Å². The molecule has 5 nitrogen and oxygen atoms in total. The minimum Gasteiger partial charge on any atom is -0.489 e. The molecule has 2 aromatic rings. The molecule has 0 radical (unpaired) electrons. The Balaban J connectivity index is 1.83. The number of benzene rings is 1. The van der Waals surface area contributed by atoms with Gasteiger partial charge in [-0.1, -0.05) is 22.0 Å². The summed E-state index contributed by atoms with van der Waals surface area (Å²) in [7, 11) is 0. The number of hydrogen-bond acceptors (Lipinski definition) is 5. The molecule has 1 aromatic carbocycles. The fraction of sp³-hybridized carbons (Fsp3) is 0.286. The molecule has 0 aliphatic carbocycles. The molecule has 0 aliphatic heterocycles. The molecule has 0 bridgehead atoms. The largest absolute Gasteiger partial charge is 0.489 e. The lowest BCUT2D eigenvalue weighted by Crippen LogP contribution is -2.33. The topological polar surface area (TPSA) is 77.2 Å². The highest BCUT2D eigenvalue weighted by Crippen LogP contribution is 2.18. The van der Waals surface area contributed by atoms with Crippen molar-refractivity contribution in [2.75, 3.05) is 6.54 Å². The Morgan fingerprint density at radius 3 is 3.05 bits per heavy atom. The lowest BCUT2D eigenvalue weighted by atomic mass is 10.3. The number of ether oxygens (including phenoxy) is 1. The Labute approximate surface area is 135 Å². The maximum absolute atomic E-state index is 11.9. The van der Waals surface area contributed by atoms with Crippen LogP contribution >= 0.6 is 27.3 Å². The van der Waals surface area contributed by atoms with Crippen LogP contribution in [-0.4, -0.2) is 23.5 Å². The molecule has 1 amide bonds. The Morgan fingerprint density at radius 2 is 2.38 bits per heavy atom. The number of amides is 1. The van der Waals surface area contributed by atoms with Gasteiger partial charge in [-0.2, -0.15) is 0 Å². The van der Waals surface area contributed by atoms with E-state index >= 15 is 0 Å². The average Bonchev–Trinajstić information content (AvgIpc) is 2.94. The van der Waals surface area contributed by atoms with E-state index < -0.39 is 0 Å². The van der Waals surface area contributed by atoms with E-state index in [1.54, 1.807) is 5.38 Å². The second kappa shape index (κ2) is 7.53. The first kappa shape index (κ1) is 15.9. The molecule has 0 spiro atoms. The third-order valence-electron chi connectivity index (χ3n) is 2.64. The minimum atomic E-state index is -0.212. The van der Waals surface area contributed by atoms with E-state index in [1.807, 2.05) is 31.2 Å². The highest BCUT2D eigenvalue weighted by atomic mass is 79.9. The standard InChI is InChI=1S/C14H16BrN3O2S/c1-9(20-11-4-2-3-10(15)5-11)7-17-14(19)12-8-21-13(6-16)18-12/h2-5,8-9H,6-7,16H2,1H3,(H,17,19). The van der Waals surface area contributed by atoms with Gasteiger partial charge in [0.1, 0.15) is 22.6 Å². The van der Waals surface area contributed by atoms with Crippen molar-refractivity contribution < 1.29 is 9.53 Å². The smallest absolute Gasteiger partial charge is 0.270 e. The molecule has 0 saturated heterocycles. The second-order valence-corrected chi connectivity index (χ2v) is 6.28. The molecule has 1 aromatic heterocycles. The molecule has 7 heteroatoms. The first-order valence-electron chi connectivity index (χ1n) is 6.43. The summed E-state index contributed by atoms with van der Waals surface area (Å²) in [6.07, 6.45) is -0.143. The van der Waals surface area contributed by atoms with Crippen LogP contribution in [0.2, 0.25) is 0 Å². The first-order valence-corrected chi connectivity index (χ1v) is 8.10. The van der Waals surface area contributed by atoms with Gasteiger partial charge in [-0.3, -0.25) is 4.79 Å². The van der Waals surface area contributed by atoms with Crippen molar-refractivity contribution in [3.05, 3.63) is 44.8 Å². The normalized spacial score (nSPS) is 12.0. The maximum Gasteiger partial charge on any atom is 0.270 e. The van der Waals surface area contributed by atoms with E-state index in [-0.39, 0.29) is 12.0 Å². The summed E-state index contributed by atoms with van der Waals surface area (Å²) in [5.74, 6) is 0.542. The van der Waals surface area contributed by atoms with Crippen molar-refractivity contribution in [2.45, 2.75) is 19.6 Å². The zero-order chi connectivity index (χ0) is 15.2.